The van der Waals surface area contributed by atoms with Gasteiger partial charge in [0, 0.05) is 56.4 Å². The van der Waals surface area contributed by atoms with Gasteiger partial charge in [-0.05, 0) is 24.3 Å². The summed E-state index contributed by atoms with van der Waals surface area (Å²) in [6, 6.07) is 7.64. The lowest BCUT2D eigenvalue weighted by Gasteiger charge is -2.37. The molecule has 7 nitrogen and oxygen atoms in total. The second-order valence-electron chi connectivity index (χ2n) is 7.23. The highest BCUT2D eigenvalue weighted by molar-refractivity contribution is 5.99. The number of aliphatic carboxylic acids is 1. The maximum Gasteiger partial charge on any atom is 0.308 e. The van der Waals surface area contributed by atoms with Crippen molar-refractivity contribution in [2.45, 2.75) is 20.3 Å². The van der Waals surface area contributed by atoms with Gasteiger partial charge in [0.2, 0.25) is 11.8 Å². The summed E-state index contributed by atoms with van der Waals surface area (Å²) in [6.07, 6.45) is 0.0585. The fourth-order valence-electron chi connectivity index (χ4n) is 3.52. The molecule has 0 spiro atoms. The number of benzene rings is 1. The Hall–Kier alpha value is -2.57. The lowest BCUT2D eigenvalue weighted by Crippen LogP contribution is -2.49. The maximum absolute atomic E-state index is 12.1. The van der Waals surface area contributed by atoms with Crippen molar-refractivity contribution in [2.24, 2.45) is 11.8 Å². The zero-order valence-corrected chi connectivity index (χ0v) is 15.2. The lowest BCUT2D eigenvalue weighted by atomic mass is 10.1. The summed E-state index contributed by atoms with van der Waals surface area (Å²) < 4.78 is 0. The highest BCUT2D eigenvalue weighted by Gasteiger charge is 2.35. The minimum absolute atomic E-state index is 0.0217. The molecule has 2 fully saturated rings. The normalized spacial score (nSPS) is 20.8. The van der Waals surface area contributed by atoms with E-state index in [0.717, 1.165) is 24.5 Å². The Bertz CT molecular complexity index is 693. The van der Waals surface area contributed by atoms with E-state index in [4.69, 9.17) is 5.11 Å². The van der Waals surface area contributed by atoms with Crippen LogP contribution in [0.4, 0.5) is 11.4 Å². The van der Waals surface area contributed by atoms with Gasteiger partial charge in [0.05, 0.1) is 5.92 Å². The first-order valence-corrected chi connectivity index (χ1v) is 9.04. The first-order valence-electron chi connectivity index (χ1n) is 9.04. The average Bonchev–Trinajstić information content (AvgIpc) is 3.03. The van der Waals surface area contributed by atoms with E-state index in [1.165, 1.54) is 0 Å². The van der Waals surface area contributed by atoms with Crippen LogP contribution in [0.15, 0.2) is 24.3 Å². The maximum atomic E-state index is 12.1. The minimum Gasteiger partial charge on any atom is -0.481 e. The number of nitrogens with zero attached hydrogens (tertiary/aromatic N) is 3. The monoisotopic (exact) mass is 359 g/mol. The van der Waals surface area contributed by atoms with Gasteiger partial charge in [-0.1, -0.05) is 13.8 Å². The summed E-state index contributed by atoms with van der Waals surface area (Å²) in [5.74, 6) is -1.49. The first-order chi connectivity index (χ1) is 12.4. The van der Waals surface area contributed by atoms with Gasteiger partial charge in [-0.3, -0.25) is 14.4 Å². The molecule has 2 saturated heterocycles. The van der Waals surface area contributed by atoms with Crippen LogP contribution >= 0.6 is 0 Å². The van der Waals surface area contributed by atoms with Gasteiger partial charge in [0.1, 0.15) is 0 Å². The Morgan fingerprint density at radius 2 is 1.62 bits per heavy atom. The molecule has 0 radical (unpaired) electrons. The molecule has 1 N–H and O–H groups in total. The summed E-state index contributed by atoms with van der Waals surface area (Å²) in [7, 11) is 0. The van der Waals surface area contributed by atoms with Crippen molar-refractivity contribution < 1.29 is 19.5 Å². The third-order valence-electron chi connectivity index (χ3n) is 5.09. The Balaban J connectivity index is 1.61. The number of rotatable bonds is 4. The average molecular weight is 359 g/mol. The van der Waals surface area contributed by atoms with E-state index in [0.29, 0.717) is 13.1 Å². The molecule has 0 bridgehead atoms. The highest BCUT2D eigenvalue weighted by atomic mass is 16.4. The van der Waals surface area contributed by atoms with E-state index in [1.807, 2.05) is 43.0 Å². The molecule has 7 heteroatoms. The lowest BCUT2D eigenvalue weighted by molar-refractivity contribution is -0.141. The van der Waals surface area contributed by atoms with Gasteiger partial charge in [-0.25, -0.2) is 0 Å². The first kappa shape index (κ1) is 18.2. The second-order valence-corrected chi connectivity index (χ2v) is 7.23. The van der Waals surface area contributed by atoms with Gasteiger partial charge in [0.15, 0.2) is 0 Å². The zero-order chi connectivity index (χ0) is 18.8. The van der Waals surface area contributed by atoms with Gasteiger partial charge in [-0.2, -0.15) is 0 Å². The van der Waals surface area contributed by atoms with Crippen molar-refractivity contribution in [3.05, 3.63) is 24.3 Å². The van der Waals surface area contributed by atoms with E-state index in [-0.39, 0.29) is 30.7 Å². The van der Waals surface area contributed by atoms with Crippen LogP contribution in [0.2, 0.25) is 0 Å². The van der Waals surface area contributed by atoms with Crippen LogP contribution in [0.1, 0.15) is 20.3 Å². The number of hydrogen-bond acceptors (Lipinski definition) is 4. The standard InChI is InChI=1S/C19H25N3O4/c1-13(2)18(24)21-9-7-20(8-10-21)15-3-5-16(6-4-15)22-12-14(19(25)26)11-17(22)23/h3-6,13-14H,7-12H2,1-2H3,(H,25,26). The second kappa shape index (κ2) is 7.35. The van der Waals surface area contributed by atoms with Crippen LogP contribution < -0.4 is 9.80 Å². The molecular formula is C19H25N3O4. The van der Waals surface area contributed by atoms with Crippen LogP contribution in [0.5, 0.6) is 0 Å². The Morgan fingerprint density at radius 3 is 2.12 bits per heavy atom. The molecule has 1 aromatic rings. The number of piperazine rings is 1. The van der Waals surface area contributed by atoms with Crippen LogP contribution in [-0.4, -0.2) is 60.5 Å². The summed E-state index contributed by atoms with van der Waals surface area (Å²) in [5, 5.41) is 9.09. The molecule has 3 rings (SSSR count). The largest absolute Gasteiger partial charge is 0.481 e. The van der Waals surface area contributed by atoms with Gasteiger partial charge >= 0.3 is 5.97 Å². The van der Waals surface area contributed by atoms with E-state index in [1.54, 1.807) is 4.90 Å². The quantitative estimate of drug-likeness (QED) is 0.880. The van der Waals surface area contributed by atoms with E-state index < -0.39 is 11.9 Å². The number of carbonyl (C=O) groups excluding carboxylic acids is 2. The molecule has 0 saturated carbocycles. The van der Waals surface area contributed by atoms with Crippen LogP contribution in [0.3, 0.4) is 0 Å². The molecule has 2 amide bonds. The molecular weight excluding hydrogens is 334 g/mol. The number of amides is 2. The number of carboxylic acid groups (broad SMARTS) is 1. The van der Waals surface area contributed by atoms with Crippen LogP contribution in [0, 0.1) is 11.8 Å². The third-order valence-corrected chi connectivity index (χ3v) is 5.09. The molecule has 1 aromatic carbocycles. The molecule has 0 aromatic heterocycles. The van der Waals surface area contributed by atoms with Crippen molar-refractivity contribution in [3.63, 3.8) is 0 Å². The Morgan fingerprint density at radius 1 is 1.04 bits per heavy atom. The van der Waals surface area contributed by atoms with Crippen molar-refractivity contribution in [2.75, 3.05) is 42.5 Å². The SMILES string of the molecule is CC(C)C(=O)N1CCN(c2ccc(N3CC(C(=O)O)CC3=O)cc2)CC1. The van der Waals surface area contributed by atoms with E-state index in [2.05, 4.69) is 4.90 Å². The van der Waals surface area contributed by atoms with Crippen molar-refractivity contribution in [1.82, 2.24) is 4.90 Å². The van der Waals surface area contributed by atoms with Crippen molar-refractivity contribution in [1.29, 1.82) is 0 Å². The number of anilines is 2. The molecule has 2 heterocycles. The number of carbonyl (C=O) groups is 3. The number of carboxylic acids is 1. The third kappa shape index (κ3) is 3.66. The Kier molecular flexibility index (Phi) is 5.15. The topological polar surface area (TPSA) is 81.2 Å². The predicted octanol–water partition coefficient (Wildman–Crippen LogP) is 1.43. The fraction of sp³-hybridized carbons (Fsp3) is 0.526. The fourth-order valence-corrected chi connectivity index (χ4v) is 3.52. The highest BCUT2D eigenvalue weighted by Crippen LogP contribution is 2.27. The molecule has 0 aliphatic carbocycles. The molecule has 1 unspecified atom stereocenters. The Labute approximate surface area is 153 Å². The van der Waals surface area contributed by atoms with E-state index in [9.17, 15) is 14.4 Å². The molecule has 1 atom stereocenters. The van der Waals surface area contributed by atoms with E-state index >= 15 is 0 Å². The predicted molar refractivity (Wildman–Crippen MR) is 98.2 cm³/mol. The van der Waals surface area contributed by atoms with Gasteiger partial charge in [-0.15, -0.1) is 0 Å². The molecule has 2 aliphatic heterocycles. The van der Waals surface area contributed by atoms with Crippen LogP contribution in [-0.2, 0) is 14.4 Å². The van der Waals surface area contributed by atoms with Crippen molar-refractivity contribution in [3.8, 4) is 0 Å². The molecule has 140 valence electrons. The van der Waals surface area contributed by atoms with Gasteiger partial charge < -0.3 is 19.8 Å². The summed E-state index contributed by atoms with van der Waals surface area (Å²) in [4.78, 5) is 40.9. The number of hydrogen-bond donors (Lipinski definition) is 1. The summed E-state index contributed by atoms with van der Waals surface area (Å²) >= 11 is 0. The summed E-state index contributed by atoms with van der Waals surface area (Å²) in [6.45, 7) is 7.05. The minimum atomic E-state index is -0.925. The molecule has 26 heavy (non-hydrogen) atoms. The smallest absolute Gasteiger partial charge is 0.308 e. The zero-order valence-electron chi connectivity index (χ0n) is 15.2. The van der Waals surface area contributed by atoms with Gasteiger partial charge in [0.25, 0.3) is 0 Å². The van der Waals surface area contributed by atoms with Crippen LogP contribution in [0.25, 0.3) is 0 Å². The molecule has 2 aliphatic rings. The summed E-state index contributed by atoms with van der Waals surface area (Å²) in [5.41, 5.74) is 1.78. The van der Waals surface area contributed by atoms with Crippen molar-refractivity contribution >= 4 is 29.2 Å².